The Labute approximate surface area is 160 Å². The molecule has 0 bridgehead atoms. The van der Waals surface area contributed by atoms with Gasteiger partial charge in [-0.25, -0.2) is 0 Å². The van der Waals surface area contributed by atoms with Gasteiger partial charge in [0.05, 0.1) is 0 Å². The Morgan fingerprint density at radius 2 is 2.08 bits per heavy atom. The molecule has 0 aliphatic carbocycles. The van der Waals surface area contributed by atoms with Gasteiger partial charge in [-0.3, -0.25) is 0 Å². The van der Waals surface area contributed by atoms with Crippen LogP contribution in [0.3, 0.4) is 0 Å². The summed E-state index contributed by atoms with van der Waals surface area (Å²) in [7, 11) is 0.194. The minimum absolute atomic E-state index is 0.268. The van der Waals surface area contributed by atoms with Crippen molar-refractivity contribution in [1.29, 1.82) is 0 Å². The summed E-state index contributed by atoms with van der Waals surface area (Å²) in [5.41, 5.74) is 2.74. The molecule has 3 aromatic rings. The number of halogens is 1. The van der Waals surface area contributed by atoms with Crippen LogP contribution in [0, 0.1) is 3.57 Å². The van der Waals surface area contributed by atoms with Crippen LogP contribution in [-0.2, 0) is 17.8 Å². The Morgan fingerprint density at radius 3 is 2.76 bits per heavy atom. The molecule has 2 aromatic carbocycles. The molecule has 0 amide bonds. The number of ether oxygens (including phenoxy) is 1. The Bertz CT molecular complexity index is 884. The standard InChI is InChI=1S/C17H17B2IN2O3/c1-19(24)21-14-9-15(25-10-12-5-3-2-4-6-12)17-13(16(14)20)7-8-22(17)11-18-23/h2-9,21,24H,10-11H2,1H3. The van der Waals surface area contributed by atoms with Gasteiger partial charge in [0.1, 0.15) is 0 Å². The van der Waals surface area contributed by atoms with Gasteiger partial charge in [0.15, 0.2) is 0 Å². The summed E-state index contributed by atoms with van der Waals surface area (Å²) < 4.78 is 19.9. The molecule has 0 aliphatic rings. The van der Waals surface area contributed by atoms with E-state index in [2.05, 4.69) is 27.8 Å². The second kappa shape index (κ2) is 8.05. The van der Waals surface area contributed by atoms with E-state index in [4.69, 9.17) is 4.74 Å². The van der Waals surface area contributed by atoms with E-state index in [9.17, 15) is 9.73 Å². The second-order valence-corrected chi connectivity index (χ2v) is 6.81. The minimum atomic E-state index is -0.676. The van der Waals surface area contributed by atoms with Gasteiger partial charge in [0, 0.05) is 0 Å². The van der Waals surface area contributed by atoms with Gasteiger partial charge in [0.25, 0.3) is 0 Å². The molecule has 8 heteroatoms. The van der Waals surface area contributed by atoms with Crippen LogP contribution in [-0.4, -0.2) is 23.8 Å². The van der Waals surface area contributed by atoms with Gasteiger partial charge in [-0.15, -0.1) is 0 Å². The molecule has 0 unspecified atom stereocenters. The molecular formula is C17H17B2IN2O3. The number of nitrogens with zero attached hydrogens (tertiary/aromatic N) is 1. The Morgan fingerprint density at radius 1 is 1.32 bits per heavy atom. The van der Waals surface area contributed by atoms with Crippen LogP contribution in [0.4, 0.5) is 5.69 Å². The van der Waals surface area contributed by atoms with Crippen molar-refractivity contribution in [2.24, 2.45) is 0 Å². The van der Waals surface area contributed by atoms with Gasteiger partial charge in [-0.05, 0) is 0 Å². The molecule has 126 valence electrons. The molecule has 0 saturated carbocycles. The molecule has 0 fully saturated rings. The third-order valence-electron chi connectivity index (χ3n) is 3.82. The fraction of sp³-hybridized carbons (Fsp3) is 0.176. The number of benzene rings is 2. The molecule has 0 spiro atoms. The summed E-state index contributed by atoms with van der Waals surface area (Å²) in [5, 5.41) is 13.7. The number of hydrogen-bond acceptors (Lipinski definition) is 4. The molecule has 2 N–H and O–H groups in total. The van der Waals surface area contributed by atoms with Crippen LogP contribution in [0.1, 0.15) is 5.56 Å². The summed E-state index contributed by atoms with van der Waals surface area (Å²) in [6.45, 7) is 2.10. The maximum atomic E-state index is 11.0. The Kier molecular flexibility index (Phi) is 5.80. The molecule has 1 aromatic heterocycles. The van der Waals surface area contributed by atoms with Crippen LogP contribution >= 0.6 is 22.6 Å². The van der Waals surface area contributed by atoms with Crippen LogP contribution < -0.4 is 9.96 Å². The van der Waals surface area contributed by atoms with E-state index in [0.717, 1.165) is 32.9 Å². The van der Waals surface area contributed by atoms with Crippen molar-refractivity contribution in [3.05, 3.63) is 57.8 Å². The molecule has 0 saturated heterocycles. The van der Waals surface area contributed by atoms with Crippen LogP contribution in [0.2, 0.25) is 6.82 Å². The van der Waals surface area contributed by atoms with E-state index in [1.165, 1.54) is 0 Å². The van der Waals surface area contributed by atoms with Crippen LogP contribution in [0.5, 0.6) is 5.75 Å². The van der Waals surface area contributed by atoms with E-state index in [-0.39, 0.29) is 6.44 Å². The van der Waals surface area contributed by atoms with E-state index < -0.39 is 7.05 Å². The zero-order chi connectivity index (χ0) is 17.8. The molecule has 5 nitrogen and oxygen atoms in total. The predicted molar refractivity (Wildman–Crippen MR) is 109 cm³/mol. The SMILES string of the molecule is CB(O)Nc1cc(OCc2ccccc2)c2c(ccn2CB=O)c1I. The van der Waals surface area contributed by atoms with Gasteiger partial charge in [0.2, 0.25) is 0 Å². The number of aromatic nitrogens is 1. The van der Waals surface area contributed by atoms with E-state index in [1.807, 2.05) is 53.2 Å². The van der Waals surface area contributed by atoms with Crippen LogP contribution in [0.25, 0.3) is 10.9 Å². The normalized spacial score (nSPS) is 10.5. The van der Waals surface area contributed by atoms with Crippen molar-refractivity contribution in [2.45, 2.75) is 19.9 Å². The second-order valence-electron chi connectivity index (χ2n) is 5.73. The molecule has 25 heavy (non-hydrogen) atoms. The Hall–Kier alpha value is -1.80. The zero-order valence-electron chi connectivity index (χ0n) is 13.8. The average Bonchev–Trinajstić information content (AvgIpc) is 3.01. The predicted octanol–water partition coefficient (Wildman–Crippen LogP) is 3.35. The monoisotopic (exact) mass is 446 g/mol. The fourth-order valence-electron chi connectivity index (χ4n) is 2.74. The molecule has 1 heterocycles. The summed E-state index contributed by atoms with van der Waals surface area (Å²) in [6.07, 6.45) is 2.15. The summed E-state index contributed by atoms with van der Waals surface area (Å²) in [4.78, 5) is 0. The van der Waals surface area contributed by atoms with E-state index in [1.54, 1.807) is 6.82 Å². The number of nitrogens with one attached hydrogen (secondary N) is 1. The molecule has 0 aliphatic heterocycles. The first-order valence-corrected chi connectivity index (χ1v) is 9.04. The summed E-state index contributed by atoms with van der Waals surface area (Å²) >= 11 is 2.24. The first-order chi connectivity index (χ1) is 12.1. The number of fused-ring (bicyclic) bond motifs is 1. The van der Waals surface area contributed by atoms with E-state index >= 15 is 0 Å². The first-order valence-electron chi connectivity index (χ1n) is 7.96. The van der Waals surface area contributed by atoms with Gasteiger partial charge in [-0.1, -0.05) is 0 Å². The first kappa shape index (κ1) is 18.0. The van der Waals surface area contributed by atoms with Gasteiger partial charge < -0.3 is 0 Å². The van der Waals surface area contributed by atoms with Crippen molar-refractivity contribution in [3.63, 3.8) is 0 Å². The number of hydrogen-bond donors (Lipinski definition) is 2. The third kappa shape index (κ3) is 4.07. The fourth-order valence-corrected chi connectivity index (χ4v) is 3.49. The Balaban J connectivity index is 2.04. The third-order valence-corrected chi connectivity index (χ3v) is 4.98. The topological polar surface area (TPSA) is 63.5 Å². The van der Waals surface area contributed by atoms with Gasteiger partial charge in [-0.2, -0.15) is 0 Å². The molecule has 0 radical (unpaired) electrons. The van der Waals surface area contributed by atoms with Crippen molar-refractivity contribution >= 4 is 53.4 Å². The number of rotatable bonds is 7. The average molecular weight is 446 g/mol. The molecular weight excluding hydrogens is 429 g/mol. The summed E-state index contributed by atoms with van der Waals surface area (Å²) in [5.74, 6) is 0.675. The zero-order valence-corrected chi connectivity index (χ0v) is 15.9. The quantitative estimate of drug-likeness (QED) is 0.432. The van der Waals surface area contributed by atoms with Crippen molar-refractivity contribution in [1.82, 2.24) is 4.57 Å². The van der Waals surface area contributed by atoms with Crippen molar-refractivity contribution in [3.8, 4) is 5.75 Å². The number of anilines is 1. The maximum absolute atomic E-state index is 11.0. The van der Waals surface area contributed by atoms with E-state index in [0.29, 0.717) is 12.4 Å². The van der Waals surface area contributed by atoms with Gasteiger partial charge >= 0.3 is 161 Å². The molecule has 0 atom stereocenters. The molecule has 3 rings (SSSR count). The van der Waals surface area contributed by atoms with Crippen molar-refractivity contribution in [2.75, 3.05) is 5.23 Å². The summed E-state index contributed by atoms with van der Waals surface area (Å²) in [6, 6.07) is 13.7. The van der Waals surface area contributed by atoms with Crippen LogP contribution in [0.15, 0.2) is 48.7 Å². The van der Waals surface area contributed by atoms with Crippen molar-refractivity contribution < 1.29 is 14.5 Å².